The molecule has 0 amide bonds. The average Bonchev–Trinajstić information content (AvgIpc) is 2.64. The molecule has 0 aliphatic heterocycles. The summed E-state index contributed by atoms with van der Waals surface area (Å²) in [6, 6.07) is 6.28. The summed E-state index contributed by atoms with van der Waals surface area (Å²) in [7, 11) is 0. The molecule has 0 bridgehead atoms. The largest absolute Gasteiger partial charge is 0.367 e. The van der Waals surface area contributed by atoms with Gasteiger partial charge in [-0.05, 0) is 37.0 Å². The zero-order valence-corrected chi connectivity index (χ0v) is 9.87. The summed E-state index contributed by atoms with van der Waals surface area (Å²) in [5.41, 5.74) is 11.3. The minimum absolute atomic E-state index is 0.403. The van der Waals surface area contributed by atoms with Gasteiger partial charge in [0, 0.05) is 0 Å². The van der Waals surface area contributed by atoms with Crippen molar-refractivity contribution in [2.24, 2.45) is 0 Å². The maximum absolute atomic E-state index is 5.81. The molecule has 1 aromatic heterocycles. The molecule has 0 spiro atoms. The van der Waals surface area contributed by atoms with Gasteiger partial charge >= 0.3 is 0 Å². The Morgan fingerprint density at radius 2 is 2.00 bits per heavy atom. The summed E-state index contributed by atoms with van der Waals surface area (Å²) in [6.07, 6.45) is 0.822. The van der Waals surface area contributed by atoms with Crippen LogP contribution in [0.1, 0.15) is 23.7 Å². The van der Waals surface area contributed by atoms with Gasteiger partial charge in [0.2, 0.25) is 5.88 Å². The number of aromatic nitrogens is 1. The number of anilines is 1. The molecule has 0 aliphatic rings. The third-order valence-electron chi connectivity index (χ3n) is 2.92. The Hall–Kier alpha value is -1.77. The third kappa shape index (κ3) is 1.69. The van der Waals surface area contributed by atoms with Crippen molar-refractivity contribution in [3.63, 3.8) is 0 Å². The van der Waals surface area contributed by atoms with E-state index in [4.69, 9.17) is 10.3 Å². The van der Waals surface area contributed by atoms with Gasteiger partial charge in [-0.3, -0.25) is 0 Å². The van der Waals surface area contributed by atoms with Crippen LogP contribution >= 0.6 is 0 Å². The molecular weight excluding hydrogens is 200 g/mol. The van der Waals surface area contributed by atoms with Crippen LogP contribution in [0.3, 0.4) is 0 Å². The number of nitrogens with zero attached hydrogens (tertiary/aromatic N) is 1. The number of benzene rings is 1. The topological polar surface area (TPSA) is 52.0 Å². The van der Waals surface area contributed by atoms with Crippen molar-refractivity contribution in [3.8, 4) is 11.1 Å². The second-order valence-electron chi connectivity index (χ2n) is 4.02. The van der Waals surface area contributed by atoms with E-state index in [0.717, 1.165) is 23.2 Å². The van der Waals surface area contributed by atoms with Crippen LogP contribution < -0.4 is 5.73 Å². The predicted molar refractivity (Wildman–Crippen MR) is 65.2 cm³/mol. The summed E-state index contributed by atoms with van der Waals surface area (Å²) in [4.78, 5) is 0. The Morgan fingerprint density at radius 3 is 2.62 bits per heavy atom. The van der Waals surface area contributed by atoms with Crippen LogP contribution in [0, 0.1) is 13.8 Å². The smallest absolute Gasteiger partial charge is 0.230 e. The van der Waals surface area contributed by atoms with Crippen molar-refractivity contribution >= 4 is 5.88 Å². The highest BCUT2D eigenvalue weighted by molar-refractivity contribution is 5.75. The van der Waals surface area contributed by atoms with Crippen molar-refractivity contribution in [1.82, 2.24) is 5.16 Å². The van der Waals surface area contributed by atoms with Crippen molar-refractivity contribution in [3.05, 3.63) is 35.0 Å². The van der Waals surface area contributed by atoms with E-state index in [2.05, 4.69) is 37.2 Å². The van der Waals surface area contributed by atoms with Gasteiger partial charge in [-0.2, -0.15) is 0 Å². The maximum atomic E-state index is 5.81. The van der Waals surface area contributed by atoms with Crippen LogP contribution in [0.2, 0.25) is 0 Å². The lowest BCUT2D eigenvalue weighted by molar-refractivity contribution is 0.428. The highest BCUT2D eigenvalue weighted by Crippen LogP contribution is 2.31. The van der Waals surface area contributed by atoms with Crippen LogP contribution in [0.5, 0.6) is 0 Å². The van der Waals surface area contributed by atoms with Gasteiger partial charge in [0.1, 0.15) is 0 Å². The Morgan fingerprint density at radius 1 is 1.25 bits per heavy atom. The molecule has 1 heterocycles. The number of nitrogens with two attached hydrogens (primary N) is 1. The summed E-state index contributed by atoms with van der Waals surface area (Å²) in [6.45, 7) is 6.23. The van der Waals surface area contributed by atoms with Crippen LogP contribution in [-0.2, 0) is 6.42 Å². The molecule has 2 N–H and O–H groups in total. The number of rotatable bonds is 2. The van der Waals surface area contributed by atoms with Crippen molar-refractivity contribution < 1.29 is 4.52 Å². The first kappa shape index (κ1) is 10.7. The van der Waals surface area contributed by atoms with Crippen LogP contribution in [-0.4, -0.2) is 5.16 Å². The fraction of sp³-hybridized carbons (Fsp3) is 0.308. The molecule has 0 fully saturated rings. The minimum atomic E-state index is 0.403. The van der Waals surface area contributed by atoms with E-state index in [1.165, 1.54) is 11.1 Å². The first-order valence-electron chi connectivity index (χ1n) is 5.45. The van der Waals surface area contributed by atoms with Crippen molar-refractivity contribution in [1.29, 1.82) is 0 Å². The molecule has 1 aromatic carbocycles. The van der Waals surface area contributed by atoms with Gasteiger partial charge in [-0.1, -0.05) is 30.3 Å². The fourth-order valence-corrected chi connectivity index (χ4v) is 1.78. The second-order valence-corrected chi connectivity index (χ2v) is 4.02. The average molecular weight is 216 g/mol. The van der Waals surface area contributed by atoms with Gasteiger partial charge in [-0.15, -0.1) is 0 Å². The van der Waals surface area contributed by atoms with E-state index >= 15 is 0 Å². The van der Waals surface area contributed by atoms with E-state index in [1.807, 2.05) is 6.92 Å². The molecule has 3 heteroatoms. The molecule has 84 valence electrons. The first-order chi connectivity index (χ1) is 7.63. The summed E-state index contributed by atoms with van der Waals surface area (Å²) >= 11 is 0. The van der Waals surface area contributed by atoms with E-state index in [-0.39, 0.29) is 0 Å². The molecule has 0 saturated carbocycles. The molecule has 0 aliphatic carbocycles. The first-order valence-corrected chi connectivity index (χ1v) is 5.45. The fourth-order valence-electron chi connectivity index (χ4n) is 1.78. The lowest BCUT2D eigenvalue weighted by atomic mass is 10.00. The third-order valence-corrected chi connectivity index (χ3v) is 2.92. The SMILES string of the molecule is CCc1noc(N)c1-c1ccc(C)c(C)c1. The number of hydrogen-bond acceptors (Lipinski definition) is 3. The second kappa shape index (κ2) is 4.00. The van der Waals surface area contributed by atoms with E-state index in [9.17, 15) is 0 Å². The monoisotopic (exact) mass is 216 g/mol. The molecule has 0 atom stereocenters. The lowest BCUT2D eigenvalue weighted by Crippen LogP contribution is -1.90. The molecule has 2 rings (SSSR count). The Labute approximate surface area is 95.3 Å². The maximum Gasteiger partial charge on any atom is 0.230 e. The molecule has 16 heavy (non-hydrogen) atoms. The molecule has 0 radical (unpaired) electrons. The normalized spacial score (nSPS) is 10.7. The standard InChI is InChI=1S/C13H16N2O/c1-4-11-12(13(14)16-15-11)10-6-5-8(2)9(3)7-10/h5-7H,4,14H2,1-3H3. The van der Waals surface area contributed by atoms with Gasteiger partial charge in [0.15, 0.2) is 0 Å². The summed E-state index contributed by atoms with van der Waals surface area (Å²) in [5.74, 6) is 0.403. The number of hydrogen-bond donors (Lipinski definition) is 1. The zero-order valence-electron chi connectivity index (χ0n) is 9.87. The van der Waals surface area contributed by atoms with Crippen LogP contribution in [0.15, 0.2) is 22.7 Å². The van der Waals surface area contributed by atoms with E-state index in [1.54, 1.807) is 0 Å². The number of aryl methyl sites for hydroxylation is 3. The van der Waals surface area contributed by atoms with Gasteiger partial charge < -0.3 is 10.3 Å². The van der Waals surface area contributed by atoms with Crippen LogP contribution in [0.25, 0.3) is 11.1 Å². The Bertz CT molecular complexity index is 515. The van der Waals surface area contributed by atoms with Gasteiger partial charge in [0.25, 0.3) is 0 Å². The molecule has 3 nitrogen and oxygen atoms in total. The molecule has 2 aromatic rings. The van der Waals surface area contributed by atoms with Crippen LogP contribution in [0.4, 0.5) is 5.88 Å². The molecular formula is C13H16N2O. The Balaban J connectivity index is 2.57. The van der Waals surface area contributed by atoms with E-state index < -0.39 is 0 Å². The van der Waals surface area contributed by atoms with Gasteiger partial charge in [0.05, 0.1) is 11.3 Å². The lowest BCUT2D eigenvalue weighted by Gasteiger charge is -2.04. The quantitative estimate of drug-likeness (QED) is 0.839. The Kier molecular flexibility index (Phi) is 2.69. The molecule has 0 saturated heterocycles. The van der Waals surface area contributed by atoms with Gasteiger partial charge in [-0.25, -0.2) is 0 Å². The molecule has 0 unspecified atom stereocenters. The summed E-state index contributed by atoms with van der Waals surface area (Å²) < 4.78 is 5.04. The summed E-state index contributed by atoms with van der Waals surface area (Å²) in [5, 5.41) is 3.96. The van der Waals surface area contributed by atoms with Crippen molar-refractivity contribution in [2.45, 2.75) is 27.2 Å². The minimum Gasteiger partial charge on any atom is -0.367 e. The zero-order chi connectivity index (χ0) is 11.7. The number of nitrogen functional groups attached to an aromatic ring is 1. The van der Waals surface area contributed by atoms with E-state index in [0.29, 0.717) is 5.88 Å². The highest BCUT2D eigenvalue weighted by Gasteiger charge is 2.14. The highest BCUT2D eigenvalue weighted by atomic mass is 16.5. The van der Waals surface area contributed by atoms with Crippen molar-refractivity contribution in [2.75, 3.05) is 5.73 Å². The predicted octanol–water partition coefficient (Wildman–Crippen LogP) is 3.10.